The largest absolute Gasteiger partial charge is 0.469 e. The van der Waals surface area contributed by atoms with Crippen molar-refractivity contribution in [1.29, 1.82) is 0 Å². The van der Waals surface area contributed by atoms with Gasteiger partial charge in [0.05, 0.1) is 24.0 Å². The second kappa shape index (κ2) is 7.76. The van der Waals surface area contributed by atoms with E-state index in [1.165, 1.54) is 0 Å². The summed E-state index contributed by atoms with van der Waals surface area (Å²) in [6.45, 7) is 5.67. The first-order valence-electron chi connectivity index (χ1n) is 7.56. The number of amides is 1. The zero-order valence-electron chi connectivity index (χ0n) is 13.5. The van der Waals surface area contributed by atoms with Crippen LogP contribution < -0.4 is 4.90 Å². The fourth-order valence-corrected chi connectivity index (χ4v) is 4.28. The minimum Gasteiger partial charge on any atom is -0.372 e. The molecule has 0 saturated carbocycles. The molecule has 0 aromatic heterocycles. The van der Waals surface area contributed by atoms with Gasteiger partial charge in [-0.15, -0.1) is 0 Å². The van der Waals surface area contributed by atoms with Crippen molar-refractivity contribution in [2.24, 2.45) is 0 Å². The zero-order valence-corrected chi connectivity index (χ0v) is 15.2. The van der Waals surface area contributed by atoms with Gasteiger partial charge in [0.1, 0.15) is 0 Å². The van der Waals surface area contributed by atoms with Crippen molar-refractivity contribution in [2.45, 2.75) is 31.3 Å². The fourth-order valence-electron chi connectivity index (χ4n) is 2.56. The van der Waals surface area contributed by atoms with E-state index < -0.39 is 30.8 Å². The Morgan fingerprint density at radius 3 is 2.38 bits per heavy atom. The molecule has 1 aliphatic heterocycles. The number of nitrogens with zero attached hydrogens (tertiary/aromatic N) is 2. The van der Waals surface area contributed by atoms with Crippen LogP contribution >= 0.6 is 7.82 Å². The molecule has 1 heterocycles. The number of hydrogen-bond acceptors (Lipinski definition) is 5. The van der Waals surface area contributed by atoms with E-state index in [9.17, 15) is 13.6 Å². The lowest BCUT2D eigenvalue weighted by molar-refractivity contribution is -0.123. The average Bonchev–Trinajstić information content (AvgIpc) is 2.87. The Bertz CT molecular complexity index is 658. The van der Waals surface area contributed by atoms with Crippen LogP contribution in [0.2, 0.25) is 0 Å². The summed E-state index contributed by atoms with van der Waals surface area (Å²) in [5.41, 5.74) is 0.996. The van der Waals surface area contributed by atoms with Gasteiger partial charge in [-0.25, -0.2) is 8.77 Å². The molecule has 2 atom stereocenters. The van der Waals surface area contributed by atoms with E-state index in [0.29, 0.717) is 4.90 Å². The molecule has 1 saturated heterocycles. The molecule has 2 rings (SSSR count). The number of carbonyl (C=O) groups is 1. The monoisotopic (exact) mass is 376 g/mol. The van der Waals surface area contributed by atoms with Crippen molar-refractivity contribution in [2.75, 3.05) is 24.5 Å². The lowest BCUT2D eigenvalue weighted by Gasteiger charge is -2.21. The lowest BCUT2D eigenvalue weighted by atomic mass is 10.3. The first kappa shape index (κ1) is 19.1. The fraction of sp³-hybridized carbons (Fsp3) is 0.500. The van der Waals surface area contributed by atoms with Gasteiger partial charge in [-0.2, -0.15) is 0 Å². The van der Waals surface area contributed by atoms with E-state index >= 15 is 0 Å². The third kappa shape index (κ3) is 4.64. The smallest absolute Gasteiger partial charge is 0.372 e. The maximum Gasteiger partial charge on any atom is 0.469 e. The number of phosphoric ester groups is 1. The highest BCUT2D eigenvalue weighted by atomic mass is 32.2. The van der Waals surface area contributed by atoms with Gasteiger partial charge in [0.2, 0.25) is 5.91 Å². The second-order valence-electron chi connectivity index (χ2n) is 5.29. The normalized spacial score (nSPS) is 19.6. The van der Waals surface area contributed by atoms with Crippen molar-refractivity contribution in [3.05, 3.63) is 24.3 Å². The quantitative estimate of drug-likeness (QED) is 0.690. The molecular weight excluding hydrogens is 355 g/mol. The Labute approximate surface area is 143 Å². The Balaban J connectivity index is 2.09. The Morgan fingerprint density at radius 2 is 1.88 bits per heavy atom. The number of benzene rings is 1. The van der Waals surface area contributed by atoms with Crippen LogP contribution in [0.3, 0.4) is 0 Å². The summed E-state index contributed by atoms with van der Waals surface area (Å²) in [6.07, 6.45) is -1.16. The van der Waals surface area contributed by atoms with Crippen LogP contribution in [0.25, 0.3) is 0 Å². The number of anilines is 1. The molecule has 10 heteroatoms. The predicted octanol–water partition coefficient (Wildman–Crippen LogP) is 1.27. The minimum absolute atomic E-state index is 0.117. The highest BCUT2D eigenvalue weighted by Gasteiger charge is 2.37. The molecule has 0 aliphatic carbocycles. The van der Waals surface area contributed by atoms with E-state index in [1.807, 2.05) is 26.0 Å². The summed E-state index contributed by atoms with van der Waals surface area (Å²) in [7, 11) is -6.41. The summed E-state index contributed by atoms with van der Waals surface area (Å²) in [6, 6.07) is 7.05. The average molecular weight is 376 g/mol. The molecule has 24 heavy (non-hydrogen) atoms. The van der Waals surface area contributed by atoms with Gasteiger partial charge in [-0.05, 0) is 38.1 Å². The van der Waals surface area contributed by atoms with Gasteiger partial charge in [0.25, 0.3) is 0 Å². The topological polar surface area (TPSA) is 107 Å². The van der Waals surface area contributed by atoms with E-state index in [-0.39, 0.29) is 13.0 Å². The van der Waals surface area contributed by atoms with Crippen molar-refractivity contribution in [1.82, 2.24) is 4.31 Å². The van der Waals surface area contributed by atoms with Crippen LogP contribution in [-0.2, 0) is 24.9 Å². The van der Waals surface area contributed by atoms with Gasteiger partial charge in [0, 0.05) is 18.8 Å². The minimum atomic E-state index is -4.68. The molecule has 2 N–H and O–H groups in total. The molecule has 1 fully saturated rings. The second-order valence-corrected chi connectivity index (χ2v) is 7.89. The SMILES string of the molecule is CCN(CC)c1ccc(S(=O)N2CC(OP(=O)(O)O)CC2=O)cc1. The number of phosphoric acid groups is 1. The van der Waals surface area contributed by atoms with Crippen LogP contribution in [0, 0.1) is 0 Å². The maximum atomic E-state index is 12.5. The molecule has 1 aromatic carbocycles. The highest BCUT2D eigenvalue weighted by molar-refractivity contribution is 7.83. The van der Waals surface area contributed by atoms with E-state index in [2.05, 4.69) is 9.42 Å². The molecule has 1 amide bonds. The van der Waals surface area contributed by atoms with Gasteiger partial charge >= 0.3 is 7.82 Å². The van der Waals surface area contributed by atoms with Crippen molar-refractivity contribution < 1.29 is 27.9 Å². The van der Waals surface area contributed by atoms with E-state index in [4.69, 9.17) is 9.79 Å². The molecule has 1 aliphatic rings. The Morgan fingerprint density at radius 1 is 1.29 bits per heavy atom. The van der Waals surface area contributed by atoms with Crippen molar-refractivity contribution in [3.8, 4) is 0 Å². The van der Waals surface area contributed by atoms with Crippen LogP contribution in [0.1, 0.15) is 20.3 Å². The van der Waals surface area contributed by atoms with Gasteiger partial charge in [-0.1, -0.05) is 0 Å². The number of carbonyl (C=O) groups excluding carboxylic acids is 1. The summed E-state index contributed by atoms with van der Waals surface area (Å²) < 4.78 is 29.0. The van der Waals surface area contributed by atoms with Gasteiger partial charge in [0.15, 0.2) is 11.0 Å². The lowest BCUT2D eigenvalue weighted by Crippen LogP contribution is -2.28. The summed E-state index contributed by atoms with van der Waals surface area (Å²) in [4.78, 5) is 32.2. The molecule has 2 unspecified atom stereocenters. The highest BCUT2D eigenvalue weighted by Crippen LogP contribution is 2.40. The van der Waals surface area contributed by atoms with E-state index in [0.717, 1.165) is 23.1 Å². The molecule has 0 bridgehead atoms. The molecule has 8 nitrogen and oxygen atoms in total. The standard InChI is InChI=1S/C14H21N2O6PS/c1-3-15(4-2)11-5-7-13(8-6-11)24(21)16-10-12(9-14(16)17)22-23(18,19)20/h5-8,12H,3-4,9-10H2,1-2H3,(H2,18,19,20). The number of rotatable bonds is 7. The van der Waals surface area contributed by atoms with Gasteiger partial charge in [-0.3, -0.25) is 13.6 Å². The number of hydrogen-bond donors (Lipinski definition) is 2. The summed E-state index contributed by atoms with van der Waals surface area (Å²) in [5.74, 6) is -0.459. The first-order chi connectivity index (χ1) is 11.2. The Kier molecular flexibility index (Phi) is 6.17. The molecule has 0 spiro atoms. The predicted molar refractivity (Wildman–Crippen MR) is 89.7 cm³/mol. The summed E-state index contributed by atoms with van der Waals surface area (Å²) >= 11 is 0. The third-order valence-electron chi connectivity index (χ3n) is 3.70. The van der Waals surface area contributed by atoms with Crippen LogP contribution in [0.4, 0.5) is 5.69 Å². The molecule has 134 valence electrons. The summed E-state index contributed by atoms with van der Waals surface area (Å²) in [5, 5.41) is 0. The first-order valence-corrected chi connectivity index (χ1v) is 10.2. The molecule has 0 radical (unpaired) electrons. The van der Waals surface area contributed by atoms with Crippen LogP contribution in [-0.4, -0.2) is 49.9 Å². The Hall–Kier alpha value is -1.25. The van der Waals surface area contributed by atoms with Gasteiger partial charge < -0.3 is 14.7 Å². The maximum absolute atomic E-state index is 12.5. The molecule has 1 aromatic rings. The van der Waals surface area contributed by atoms with E-state index in [1.54, 1.807) is 12.1 Å². The molecular formula is C14H21N2O6PS. The van der Waals surface area contributed by atoms with Crippen LogP contribution in [0.15, 0.2) is 29.2 Å². The zero-order chi connectivity index (χ0) is 17.9. The van der Waals surface area contributed by atoms with Crippen molar-refractivity contribution in [3.63, 3.8) is 0 Å². The van der Waals surface area contributed by atoms with Crippen LogP contribution in [0.5, 0.6) is 0 Å². The van der Waals surface area contributed by atoms with Crippen molar-refractivity contribution >= 4 is 30.4 Å². The third-order valence-corrected chi connectivity index (χ3v) is 5.70.